The quantitative estimate of drug-likeness (QED) is 0.626. The summed E-state index contributed by atoms with van der Waals surface area (Å²) in [5, 5.41) is 11.8. The van der Waals surface area contributed by atoms with Crippen LogP contribution in [0.4, 0.5) is 0 Å². The zero-order chi connectivity index (χ0) is 15.2. The average Bonchev–Trinajstić information content (AvgIpc) is 2.34. The van der Waals surface area contributed by atoms with Gasteiger partial charge in [-0.1, -0.05) is 41.0 Å². The van der Waals surface area contributed by atoms with Gasteiger partial charge in [0.05, 0.1) is 12.5 Å². The Morgan fingerprint density at radius 2 is 1.74 bits per heavy atom. The lowest BCUT2D eigenvalue weighted by Gasteiger charge is -2.29. The number of hydrogen-bond donors (Lipinski definition) is 3. The predicted octanol–water partition coefficient (Wildman–Crippen LogP) is 1.61. The maximum atomic E-state index is 12.0. The summed E-state index contributed by atoms with van der Waals surface area (Å²) in [5.74, 6) is -0.691. The molecule has 3 unspecified atom stereocenters. The van der Waals surface area contributed by atoms with Crippen molar-refractivity contribution in [3.05, 3.63) is 0 Å². The zero-order valence-corrected chi connectivity index (χ0v) is 12.6. The van der Waals surface area contributed by atoms with Crippen LogP contribution in [0.1, 0.15) is 47.5 Å². The molecule has 0 spiro atoms. The van der Waals surface area contributed by atoms with Gasteiger partial charge in [0, 0.05) is 6.04 Å². The van der Waals surface area contributed by atoms with Crippen LogP contribution in [-0.2, 0) is 9.59 Å². The third-order valence-corrected chi connectivity index (χ3v) is 3.92. The minimum atomic E-state index is -0.904. The van der Waals surface area contributed by atoms with Crippen molar-refractivity contribution in [2.24, 2.45) is 23.5 Å². The van der Waals surface area contributed by atoms with Crippen molar-refractivity contribution in [3.8, 4) is 0 Å². The summed E-state index contributed by atoms with van der Waals surface area (Å²) in [5.41, 5.74) is 5.79. The van der Waals surface area contributed by atoms with Gasteiger partial charge in [-0.15, -0.1) is 0 Å². The summed E-state index contributed by atoms with van der Waals surface area (Å²) in [6, 6.07) is -0.967. The number of carboxylic acids is 1. The molecular formula is C14H28N2O3. The van der Waals surface area contributed by atoms with E-state index in [1.165, 1.54) is 0 Å². The number of rotatable bonds is 8. The largest absolute Gasteiger partial charge is 0.481 e. The van der Waals surface area contributed by atoms with Crippen LogP contribution in [0.3, 0.4) is 0 Å². The Labute approximate surface area is 115 Å². The molecule has 19 heavy (non-hydrogen) atoms. The summed E-state index contributed by atoms with van der Waals surface area (Å²) in [6.07, 6.45) is 0.880. The summed E-state index contributed by atoms with van der Waals surface area (Å²) >= 11 is 0. The van der Waals surface area contributed by atoms with Gasteiger partial charge in [0.25, 0.3) is 0 Å². The number of hydrogen-bond acceptors (Lipinski definition) is 3. The Morgan fingerprint density at radius 3 is 2.11 bits per heavy atom. The van der Waals surface area contributed by atoms with Crippen LogP contribution in [0.5, 0.6) is 0 Å². The van der Waals surface area contributed by atoms with Gasteiger partial charge < -0.3 is 16.2 Å². The molecule has 0 saturated heterocycles. The van der Waals surface area contributed by atoms with Crippen molar-refractivity contribution in [2.75, 3.05) is 0 Å². The monoisotopic (exact) mass is 272 g/mol. The molecular weight excluding hydrogens is 244 g/mol. The van der Waals surface area contributed by atoms with E-state index in [0.717, 1.165) is 6.42 Å². The van der Waals surface area contributed by atoms with Crippen molar-refractivity contribution < 1.29 is 14.7 Å². The Hall–Kier alpha value is -1.10. The summed E-state index contributed by atoms with van der Waals surface area (Å²) in [4.78, 5) is 22.9. The van der Waals surface area contributed by atoms with Crippen molar-refractivity contribution in [1.82, 2.24) is 5.32 Å². The first-order valence-corrected chi connectivity index (χ1v) is 6.98. The van der Waals surface area contributed by atoms with Crippen LogP contribution in [0.25, 0.3) is 0 Å². The number of nitrogens with one attached hydrogen (secondary N) is 1. The van der Waals surface area contributed by atoms with Crippen LogP contribution < -0.4 is 11.1 Å². The van der Waals surface area contributed by atoms with E-state index in [4.69, 9.17) is 10.8 Å². The molecule has 0 aliphatic carbocycles. The molecule has 0 radical (unpaired) electrons. The molecule has 0 rings (SSSR count). The Morgan fingerprint density at radius 1 is 1.21 bits per heavy atom. The lowest BCUT2D eigenvalue weighted by atomic mass is 9.85. The van der Waals surface area contributed by atoms with Gasteiger partial charge >= 0.3 is 5.97 Å². The van der Waals surface area contributed by atoms with E-state index in [9.17, 15) is 9.59 Å². The van der Waals surface area contributed by atoms with E-state index in [1.54, 1.807) is 0 Å². The van der Waals surface area contributed by atoms with Gasteiger partial charge in [0.2, 0.25) is 5.91 Å². The van der Waals surface area contributed by atoms with Crippen molar-refractivity contribution in [1.29, 1.82) is 0 Å². The van der Waals surface area contributed by atoms with Crippen LogP contribution in [0, 0.1) is 17.8 Å². The first kappa shape index (κ1) is 17.9. The van der Waals surface area contributed by atoms with Gasteiger partial charge in [-0.2, -0.15) is 0 Å². The number of aliphatic carboxylic acids is 1. The van der Waals surface area contributed by atoms with Gasteiger partial charge in [0.1, 0.15) is 0 Å². The standard InChI is InChI=1S/C14H28N2O3/c1-6-9(4)10(5)11(7-12(17)18)16-14(19)13(15)8(2)3/h8-11,13H,6-7,15H2,1-5H3,(H,16,19)(H,17,18)/t9?,10?,11?,13-/m0/s1. The van der Waals surface area contributed by atoms with Gasteiger partial charge in [-0.3, -0.25) is 9.59 Å². The molecule has 1 amide bonds. The minimum Gasteiger partial charge on any atom is -0.481 e. The van der Waals surface area contributed by atoms with Crippen molar-refractivity contribution in [3.63, 3.8) is 0 Å². The second-order valence-corrected chi connectivity index (χ2v) is 5.73. The van der Waals surface area contributed by atoms with E-state index in [1.807, 2.05) is 20.8 Å². The topological polar surface area (TPSA) is 92.4 Å². The molecule has 0 aromatic carbocycles. The Balaban J connectivity index is 4.77. The highest BCUT2D eigenvalue weighted by molar-refractivity contribution is 5.82. The summed E-state index contributed by atoms with van der Waals surface area (Å²) in [6.45, 7) is 9.83. The minimum absolute atomic E-state index is 0.0318. The van der Waals surface area contributed by atoms with Crippen LogP contribution in [-0.4, -0.2) is 29.1 Å². The fraction of sp³-hybridized carbons (Fsp3) is 0.857. The molecule has 0 aromatic heterocycles. The van der Waals surface area contributed by atoms with Gasteiger partial charge in [-0.05, 0) is 17.8 Å². The van der Waals surface area contributed by atoms with Crippen molar-refractivity contribution >= 4 is 11.9 Å². The molecule has 0 heterocycles. The highest BCUT2D eigenvalue weighted by atomic mass is 16.4. The highest BCUT2D eigenvalue weighted by Crippen LogP contribution is 2.20. The SMILES string of the molecule is CCC(C)C(C)C(CC(=O)O)NC(=O)[C@@H](N)C(C)C. The molecule has 0 fully saturated rings. The Kier molecular flexibility index (Phi) is 7.68. The average molecular weight is 272 g/mol. The lowest BCUT2D eigenvalue weighted by molar-refractivity contribution is -0.138. The molecule has 0 aliphatic heterocycles. The lowest BCUT2D eigenvalue weighted by Crippen LogP contribution is -2.51. The van der Waals surface area contributed by atoms with Crippen LogP contribution in [0.2, 0.25) is 0 Å². The first-order chi connectivity index (χ1) is 8.70. The van der Waals surface area contributed by atoms with E-state index >= 15 is 0 Å². The second kappa shape index (κ2) is 8.15. The molecule has 112 valence electrons. The Bertz CT molecular complexity index is 305. The van der Waals surface area contributed by atoms with E-state index in [2.05, 4.69) is 19.2 Å². The zero-order valence-electron chi connectivity index (χ0n) is 12.6. The van der Waals surface area contributed by atoms with Crippen LogP contribution in [0.15, 0.2) is 0 Å². The number of carbonyl (C=O) groups is 2. The number of amides is 1. The second-order valence-electron chi connectivity index (χ2n) is 5.73. The predicted molar refractivity (Wildman–Crippen MR) is 75.6 cm³/mol. The molecule has 5 nitrogen and oxygen atoms in total. The highest BCUT2D eigenvalue weighted by Gasteiger charge is 2.28. The fourth-order valence-corrected chi connectivity index (χ4v) is 1.91. The van der Waals surface area contributed by atoms with Crippen LogP contribution >= 0.6 is 0 Å². The maximum Gasteiger partial charge on any atom is 0.305 e. The molecule has 0 bridgehead atoms. The van der Waals surface area contributed by atoms with E-state index in [-0.39, 0.29) is 30.2 Å². The van der Waals surface area contributed by atoms with E-state index < -0.39 is 12.0 Å². The van der Waals surface area contributed by atoms with Gasteiger partial charge in [0.15, 0.2) is 0 Å². The molecule has 0 saturated carbocycles. The molecule has 5 heteroatoms. The third-order valence-electron chi connectivity index (χ3n) is 3.92. The molecule has 4 N–H and O–H groups in total. The maximum absolute atomic E-state index is 12.0. The third kappa shape index (κ3) is 6.05. The molecule has 4 atom stereocenters. The first-order valence-electron chi connectivity index (χ1n) is 6.98. The summed E-state index contributed by atoms with van der Waals surface area (Å²) < 4.78 is 0. The number of nitrogens with two attached hydrogens (primary N) is 1. The van der Waals surface area contributed by atoms with Gasteiger partial charge in [-0.25, -0.2) is 0 Å². The molecule has 0 aromatic rings. The summed E-state index contributed by atoms with van der Waals surface area (Å²) in [7, 11) is 0. The number of carbonyl (C=O) groups excluding carboxylic acids is 1. The van der Waals surface area contributed by atoms with Crippen molar-refractivity contribution in [2.45, 2.75) is 59.5 Å². The smallest absolute Gasteiger partial charge is 0.305 e. The molecule has 0 aliphatic rings. The van der Waals surface area contributed by atoms with E-state index in [0.29, 0.717) is 5.92 Å². The number of carboxylic acid groups (broad SMARTS) is 1. The normalized spacial score (nSPS) is 17.6. The fourth-order valence-electron chi connectivity index (χ4n) is 1.91.